The van der Waals surface area contributed by atoms with Crippen molar-refractivity contribution in [3.8, 4) is 0 Å². The number of hydrogen-bond acceptors (Lipinski definition) is 5. The zero-order valence-corrected chi connectivity index (χ0v) is 15.1. The van der Waals surface area contributed by atoms with Crippen molar-refractivity contribution in [2.45, 2.75) is 18.3 Å². The smallest absolute Gasteiger partial charge is 0.273 e. The number of benzene rings is 1. The largest absolute Gasteiger partial charge is 0.382 e. The molecule has 1 atom stereocenters. The van der Waals surface area contributed by atoms with Crippen LogP contribution in [0.3, 0.4) is 0 Å². The van der Waals surface area contributed by atoms with E-state index in [-0.39, 0.29) is 22.8 Å². The van der Waals surface area contributed by atoms with Crippen molar-refractivity contribution in [1.29, 1.82) is 0 Å². The number of nitrogens with one attached hydrogen (secondary N) is 1. The highest BCUT2D eigenvalue weighted by atomic mass is 32.2. The maximum atomic E-state index is 12.5. The van der Waals surface area contributed by atoms with E-state index in [0.717, 1.165) is 18.4 Å². The van der Waals surface area contributed by atoms with Gasteiger partial charge in [0.25, 0.3) is 5.91 Å². The molecule has 2 aromatic rings. The van der Waals surface area contributed by atoms with Crippen molar-refractivity contribution >= 4 is 22.9 Å². The van der Waals surface area contributed by atoms with Crippen molar-refractivity contribution < 1.29 is 9.00 Å². The molecule has 0 aliphatic carbocycles. The number of piperidine rings is 1. The van der Waals surface area contributed by atoms with Crippen LogP contribution in [0, 0.1) is 0 Å². The number of hydrogen-bond donors (Lipinski definition) is 3. The van der Waals surface area contributed by atoms with E-state index in [0.29, 0.717) is 19.6 Å². The number of nitrogens with two attached hydrogens (primary N) is 2. The Labute approximate surface area is 154 Å². The molecule has 2 heterocycles. The van der Waals surface area contributed by atoms with E-state index in [1.165, 1.54) is 12.4 Å². The molecule has 5 N–H and O–H groups in total. The van der Waals surface area contributed by atoms with Crippen molar-refractivity contribution in [2.24, 2.45) is 5.14 Å². The predicted octanol–water partition coefficient (Wildman–Crippen LogP) is 0.360. The minimum absolute atomic E-state index is 0.104. The lowest BCUT2D eigenvalue weighted by Gasteiger charge is -2.41. The Kier molecular flexibility index (Phi) is 5.60. The summed E-state index contributed by atoms with van der Waals surface area (Å²) in [4.78, 5) is 20.4. The van der Waals surface area contributed by atoms with Crippen LogP contribution in [0.1, 0.15) is 28.9 Å². The van der Waals surface area contributed by atoms with Gasteiger partial charge in [-0.2, -0.15) is 0 Å². The molecule has 1 fully saturated rings. The van der Waals surface area contributed by atoms with Crippen LogP contribution >= 0.6 is 0 Å². The van der Waals surface area contributed by atoms with Crippen LogP contribution in [-0.2, 0) is 16.6 Å². The van der Waals surface area contributed by atoms with Crippen LogP contribution in [0.2, 0.25) is 0 Å². The van der Waals surface area contributed by atoms with Crippen LogP contribution in [0.25, 0.3) is 0 Å². The fourth-order valence-electron chi connectivity index (χ4n) is 3.31. The molecule has 0 saturated carbocycles. The van der Waals surface area contributed by atoms with Crippen molar-refractivity contribution in [3.05, 3.63) is 54.0 Å². The molecule has 0 radical (unpaired) electrons. The van der Waals surface area contributed by atoms with Gasteiger partial charge < -0.3 is 11.1 Å². The molecule has 1 saturated heterocycles. The first-order chi connectivity index (χ1) is 12.5. The number of amides is 1. The highest BCUT2D eigenvalue weighted by Crippen LogP contribution is 2.35. The normalized spacial score (nSPS) is 18.2. The monoisotopic (exact) mass is 374 g/mol. The molecule has 1 aliphatic rings. The summed E-state index contributed by atoms with van der Waals surface area (Å²) >= 11 is -1.48. The van der Waals surface area contributed by atoms with E-state index in [1.54, 1.807) is 4.31 Å². The lowest BCUT2D eigenvalue weighted by molar-refractivity contribution is 0.0929. The number of carbonyl (C=O) groups excluding carboxylic acids is 1. The molecular formula is C17H22N6O2S. The quantitative estimate of drug-likeness (QED) is 0.696. The van der Waals surface area contributed by atoms with Gasteiger partial charge in [0.15, 0.2) is 22.7 Å². The van der Waals surface area contributed by atoms with Gasteiger partial charge in [-0.15, -0.1) is 0 Å². The highest BCUT2D eigenvalue weighted by molar-refractivity contribution is 7.80. The number of aromatic nitrogens is 2. The molecule has 1 aliphatic heterocycles. The third-order valence-electron chi connectivity index (χ3n) is 4.85. The summed E-state index contributed by atoms with van der Waals surface area (Å²) < 4.78 is 13.3. The fourth-order valence-corrected chi connectivity index (χ4v) is 3.85. The van der Waals surface area contributed by atoms with Gasteiger partial charge >= 0.3 is 0 Å². The zero-order chi connectivity index (χ0) is 18.6. The van der Waals surface area contributed by atoms with Crippen LogP contribution in [0.5, 0.6) is 0 Å². The minimum atomic E-state index is -1.48. The fraction of sp³-hybridized carbons (Fsp3) is 0.353. The van der Waals surface area contributed by atoms with Gasteiger partial charge in [0.1, 0.15) is 0 Å². The molecule has 0 spiro atoms. The summed E-state index contributed by atoms with van der Waals surface area (Å²) in [5.41, 5.74) is 6.73. The molecule has 9 heteroatoms. The zero-order valence-electron chi connectivity index (χ0n) is 14.3. The summed E-state index contributed by atoms with van der Waals surface area (Å²) in [6.45, 7) is 1.62. The topological polar surface area (TPSA) is 127 Å². The molecule has 1 aromatic carbocycles. The lowest BCUT2D eigenvalue weighted by Crippen LogP contribution is -2.50. The summed E-state index contributed by atoms with van der Waals surface area (Å²) in [5.74, 6) is -0.247. The average molecular weight is 374 g/mol. The molecule has 8 nitrogen and oxygen atoms in total. The predicted molar refractivity (Wildman–Crippen MR) is 100 cm³/mol. The number of carbonyl (C=O) groups is 1. The first-order valence-corrected chi connectivity index (χ1v) is 9.50. The van der Waals surface area contributed by atoms with E-state index in [1.807, 2.05) is 18.2 Å². The van der Waals surface area contributed by atoms with Crippen molar-refractivity contribution in [1.82, 2.24) is 19.6 Å². The van der Waals surface area contributed by atoms with Gasteiger partial charge in [0.05, 0.1) is 0 Å². The van der Waals surface area contributed by atoms with E-state index >= 15 is 0 Å². The minimum Gasteiger partial charge on any atom is -0.382 e. The molecule has 0 bridgehead atoms. The maximum absolute atomic E-state index is 12.5. The van der Waals surface area contributed by atoms with Crippen LogP contribution in [0.15, 0.2) is 42.7 Å². The second-order valence-corrected chi connectivity index (χ2v) is 7.39. The van der Waals surface area contributed by atoms with Gasteiger partial charge in [-0.25, -0.2) is 23.6 Å². The number of anilines is 1. The Morgan fingerprint density at radius 3 is 2.46 bits per heavy atom. The summed E-state index contributed by atoms with van der Waals surface area (Å²) in [7, 11) is 0. The van der Waals surface area contributed by atoms with Gasteiger partial charge in [0.2, 0.25) is 0 Å². The summed E-state index contributed by atoms with van der Waals surface area (Å²) in [6, 6.07) is 10.0. The van der Waals surface area contributed by atoms with Gasteiger partial charge in [-0.05, 0) is 18.4 Å². The standard InChI is InChI=1S/C17H22N6O2S/c18-15-14(20-8-9-21-15)16(24)22-12-17(13-4-2-1-3-5-13)6-10-23(11-7-17)26(19)25/h1-5,8-9H,6-7,10-12,19H2,(H2,18,21)(H,22,24). The molecule has 1 unspecified atom stereocenters. The highest BCUT2D eigenvalue weighted by Gasteiger charge is 2.37. The maximum Gasteiger partial charge on any atom is 0.273 e. The van der Waals surface area contributed by atoms with Gasteiger partial charge in [0, 0.05) is 37.4 Å². The molecule has 138 valence electrons. The van der Waals surface area contributed by atoms with Crippen LogP contribution < -0.4 is 16.2 Å². The molecular weight excluding hydrogens is 352 g/mol. The molecule has 3 rings (SSSR count). The Balaban J connectivity index is 1.78. The first-order valence-electron chi connectivity index (χ1n) is 8.33. The third-order valence-corrected chi connectivity index (χ3v) is 5.72. The second kappa shape index (κ2) is 7.90. The first kappa shape index (κ1) is 18.4. The van der Waals surface area contributed by atoms with E-state index in [2.05, 4.69) is 27.4 Å². The van der Waals surface area contributed by atoms with Gasteiger partial charge in [-0.1, -0.05) is 30.3 Å². The van der Waals surface area contributed by atoms with Crippen LogP contribution in [-0.4, -0.2) is 44.0 Å². The summed E-state index contributed by atoms with van der Waals surface area (Å²) in [5, 5.41) is 8.45. The van der Waals surface area contributed by atoms with E-state index < -0.39 is 11.2 Å². The van der Waals surface area contributed by atoms with Crippen molar-refractivity contribution in [3.63, 3.8) is 0 Å². The van der Waals surface area contributed by atoms with E-state index in [4.69, 9.17) is 10.9 Å². The number of nitrogen functional groups attached to an aromatic ring is 1. The number of rotatable bonds is 5. The Bertz CT molecular complexity index is 793. The average Bonchev–Trinajstić information content (AvgIpc) is 2.67. The van der Waals surface area contributed by atoms with Gasteiger partial charge in [-0.3, -0.25) is 4.79 Å². The Morgan fingerprint density at radius 2 is 1.85 bits per heavy atom. The SMILES string of the molecule is Nc1nccnc1C(=O)NCC1(c2ccccc2)CCN(S(N)=O)CC1. The van der Waals surface area contributed by atoms with E-state index in [9.17, 15) is 9.00 Å². The second-order valence-electron chi connectivity index (χ2n) is 6.32. The Morgan fingerprint density at radius 1 is 1.19 bits per heavy atom. The molecule has 1 amide bonds. The molecule has 1 aromatic heterocycles. The third kappa shape index (κ3) is 3.90. The Hall–Kier alpha value is -2.36. The van der Waals surface area contributed by atoms with Crippen molar-refractivity contribution in [2.75, 3.05) is 25.4 Å². The summed E-state index contributed by atoms with van der Waals surface area (Å²) in [6.07, 6.45) is 4.35. The van der Waals surface area contributed by atoms with Crippen LogP contribution in [0.4, 0.5) is 5.82 Å². The lowest BCUT2D eigenvalue weighted by atomic mass is 9.73. The number of nitrogens with zero attached hydrogens (tertiary/aromatic N) is 3. The molecule has 26 heavy (non-hydrogen) atoms.